The molecule has 0 aliphatic carbocycles. The first-order valence-electron chi connectivity index (χ1n) is 6.41. The van der Waals surface area contributed by atoms with Crippen molar-refractivity contribution in [2.75, 3.05) is 25.1 Å². The highest BCUT2D eigenvalue weighted by Crippen LogP contribution is 2.16. The van der Waals surface area contributed by atoms with Crippen LogP contribution in [0.4, 0.5) is 4.79 Å². The van der Waals surface area contributed by atoms with Gasteiger partial charge in [-0.3, -0.25) is 0 Å². The number of rotatable bonds is 5. The van der Waals surface area contributed by atoms with Crippen LogP contribution in [0.3, 0.4) is 0 Å². The van der Waals surface area contributed by atoms with Gasteiger partial charge in [0.05, 0.1) is 6.10 Å². The Morgan fingerprint density at radius 3 is 2.74 bits per heavy atom. The minimum Gasteiger partial charge on any atom is -0.480 e. The van der Waals surface area contributed by atoms with Crippen LogP contribution >= 0.6 is 11.8 Å². The molecule has 1 fully saturated rings. The average Bonchev–Trinajstić information content (AvgIpc) is 2.37. The Morgan fingerprint density at radius 1 is 1.53 bits per heavy atom. The minimum absolute atomic E-state index is 0.0222. The highest BCUT2D eigenvalue weighted by molar-refractivity contribution is 7.98. The van der Waals surface area contributed by atoms with E-state index in [9.17, 15) is 14.7 Å². The molecular formula is C12H22N2O4S. The standard InChI is InChI=1S/C12H22N2O4S/c1-8-7-14(5-3-10(8)15)12(18)13-9(11(16)17)4-6-19-2/h8-10,15H,3-7H2,1-2H3,(H,13,18)(H,16,17)/t8?,9-,10?/m0/s1. The van der Waals surface area contributed by atoms with Crippen molar-refractivity contribution in [3.05, 3.63) is 0 Å². The molecule has 0 bridgehead atoms. The molecule has 0 aromatic carbocycles. The first kappa shape index (κ1) is 16.1. The van der Waals surface area contributed by atoms with Crippen LogP contribution < -0.4 is 5.32 Å². The lowest BCUT2D eigenvalue weighted by Gasteiger charge is -2.34. The summed E-state index contributed by atoms with van der Waals surface area (Å²) >= 11 is 1.55. The van der Waals surface area contributed by atoms with E-state index in [2.05, 4.69) is 5.32 Å². The summed E-state index contributed by atoms with van der Waals surface area (Å²) in [6.45, 7) is 2.81. The maximum absolute atomic E-state index is 12.0. The fourth-order valence-electron chi connectivity index (χ4n) is 2.05. The van der Waals surface area contributed by atoms with Crippen LogP contribution in [0, 0.1) is 5.92 Å². The van der Waals surface area contributed by atoms with Crippen LogP contribution in [0.15, 0.2) is 0 Å². The minimum atomic E-state index is -1.01. The molecule has 3 atom stereocenters. The average molecular weight is 290 g/mol. The van der Waals surface area contributed by atoms with E-state index in [1.165, 1.54) is 0 Å². The molecule has 2 unspecified atom stereocenters. The second kappa shape index (κ2) is 7.59. The Hall–Kier alpha value is -0.950. The third kappa shape index (κ3) is 4.91. The zero-order valence-corrected chi connectivity index (χ0v) is 12.2. The topological polar surface area (TPSA) is 89.9 Å². The largest absolute Gasteiger partial charge is 0.480 e. The van der Waals surface area contributed by atoms with Crippen LogP contribution in [0.1, 0.15) is 19.8 Å². The Kier molecular flexibility index (Phi) is 6.44. The van der Waals surface area contributed by atoms with Crippen molar-refractivity contribution in [3.8, 4) is 0 Å². The number of carboxylic acid groups (broad SMARTS) is 1. The number of aliphatic hydroxyl groups is 1. The summed E-state index contributed by atoms with van der Waals surface area (Å²) in [5.74, 6) is -0.298. The van der Waals surface area contributed by atoms with Crippen LogP contribution in [0.2, 0.25) is 0 Å². The fraction of sp³-hybridized carbons (Fsp3) is 0.833. The number of aliphatic carboxylic acids is 1. The predicted molar refractivity (Wildman–Crippen MR) is 74.3 cm³/mol. The van der Waals surface area contributed by atoms with Gasteiger partial charge in [0.2, 0.25) is 0 Å². The van der Waals surface area contributed by atoms with Gasteiger partial charge in [0.25, 0.3) is 0 Å². The first-order chi connectivity index (χ1) is 8.95. The molecule has 19 heavy (non-hydrogen) atoms. The van der Waals surface area contributed by atoms with E-state index in [1.807, 2.05) is 13.2 Å². The van der Waals surface area contributed by atoms with E-state index in [0.29, 0.717) is 31.7 Å². The fourth-order valence-corrected chi connectivity index (χ4v) is 2.52. The number of nitrogens with zero attached hydrogens (tertiary/aromatic N) is 1. The van der Waals surface area contributed by atoms with Gasteiger partial charge < -0.3 is 20.4 Å². The second-order valence-electron chi connectivity index (χ2n) is 4.90. The van der Waals surface area contributed by atoms with Crippen LogP contribution in [0.5, 0.6) is 0 Å². The van der Waals surface area contributed by atoms with Gasteiger partial charge in [-0.25, -0.2) is 9.59 Å². The molecule has 0 radical (unpaired) electrons. The quantitative estimate of drug-likeness (QED) is 0.690. The van der Waals surface area contributed by atoms with Gasteiger partial charge in [0.15, 0.2) is 0 Å². The van der Waals surface area contributed by atoms with Crippen molar-refractivity contribution in [2.45, 2.75) is 31.9 Å². The van der Waals surface area contributed by atoms with Gasteiger partial charge in [-0.05, 0) is 30.8 Å². The van der Waals surface area contributed by atoms with Crippen molar-refractivity contribution >= 4 is 23.8 Å². The molecule has 7 heteroatoms. The predicted octanol–water partition coefficient (Wildman–Crippen LogP) is 0.605. The molecular weight excluding hydrogens is 268 g/mol. The number of carbonyl (C=O) groups excluding carboxylic acids is 1. The Bertz CT molecular complexity index is 327. The lowest BCUT2D eigenvalue weighted by Crippen LogP contribution is -2.52. The SMILES string of the molecule is CSCC[C@H](NC(=O)N1CCC(O)C(C)C1)C(=O)O. The summed E-state index contributed by atoms with van der Waals surface area (Å²) in [6.07, 6.45) is 2.47. The normalized spacial score (nSPS) is 24.9. The number of carboxylic acids is 1. The number of aliphatic hydroxyl groups excluding tert-OH is 1. The maximum Gasteiger partial charge on any atom is 0.326 e. The number of carbonyl (C=O) groups is 2. The maximum atomic E-state index is 12.0. The Morgan fingerprint density at radius 2 is 2.21 bits per heavy atom. The van der Waals surface area contributed by atoms with E-state index < -0.39 is 12.0 Å². The summed E-state index contributed by atoms with van der Waals surface area (Å²) in [7, 11) is 0. The summed E-state index contributed by atoms with van der Waals surface area (Å²) in [5.41, 5.74) is 0. The summed E-state index contributed by atoms with van der Waals surface area (Å²) in [5, 5.41) is 21.2. The molecule has 0 aromatic heterocycles. The highest BCUT2D eigenvalue weighted by Gasteiger charge is 2.29. The molecule has 2 amide bonds. The molecule has 0 saturated carbocycles. The molecule has 1 rings (SSSR count). The number of thioether (sulfide) groups is 1. The molecule has 110 valence electrons. The van der Waals surface area contributed by atoms with Crippen LogP contribution in [-0.2, 0) is 4.79 Å². The molecule has 1 saturated heterocycles. The molecule has 6 nitrogen and oxygen atoms in total. The van der Waals surface area contributed by atoms with Crippen molar-refractivity contribution in [1.82, 2.24) is 10.2 Å². The van der Waals surface area contributed by atoms with Gasteiger partial charge in [-0.1, -0.05) is 6.92 Å². The Labute approximate surface area is 117 Å². The number of hydrogen-bond acceptors (Lipinski definition) is 4. The number of nitrogens with one attached hydrogen (secondary N) is 1. The number of urea groups is 1. The van der Waals surface area contributed by atoms with E-state index >= 15 is 0 Å². The summed E-state index contributed by atoms with van der Waals surface area (Å²) in [6, 6.07) is -1.20. The second-order valence-corrected chi connectivity index (χ2v) is 5.89. The summed E-state index contributed by atoms with van der Waals surface area (Å²) < 4.78 is 0. The van der Waals surface area contributed by atoms with Gasteiger partial charge in [-0.2, -0.15) is 11.8 Å². The lowest BCUT2D eigenvalue weighted by atomic mass is 9.97. The van der Waals surface area contributed by atoms with Crippen molar-refractivity contribution < 1.29 is 19.8 Å². The zero-order valence-electron chi connectivity index (χ0n) is 11.3. The van der Waals surface area contributed by atoms with Gasteiger partial charge in [0.1, 0.15) is 6.04 Å². The smallest absolute Gasteiger partial charge is 0.326 e. The van der Waals surface area contributed by atoms with Crippen molar-refractivity contribution in [3.63, 3.8) is 0 Å². The molecule has 1 aliphatic rings. The number of piperidine rings is 1. The first-order valence-corrected chi connectivity index (χ1v) is 7.80. The van der Waals surface area contributed by atoms with Gasteiger partial charge >= 0.3 is 12.0 Å². The van der Waals surface area contributed by atoms with Gasteiger partial charge in [0, 0.05) is 13.1 Å². The Balaban J connectivity index is 2.50. The number of amides is 2. The van der Waals surface area contributed by atoms with Gasteiger partial charge in [-0.15, -0.1) is 0 Å². The van der Waals surface area contributed by atoms with E-state index in [0.717, 1.165) is 0 Å². The molecule has 1 heterocycles. The van der Waals surface area contributed by atoms with Crippen molar-refractivity contribution in [2.24, 2.45) is 5.92 Å². The van der Waals surface area contributed by atoms with Crippen LogP contribution in [-0.4, -0.2) is 64.4 Å². The molecule has 1 aliphatic heterocycles. The zero-order chi connectivity index (χ0) is 14.4. The number of likely N-dealkylation sites (tertiary alicyclic amines) is 1. The third-order valence-corrected chi connectivity index (χ3v) is 4.00. The van der Waals surface area contributed by atoms with E-state index in [1.54, 1.807) is 16.7 Å². The molecule has 0 aromatic rings. The van der Waals surface area contributed by atoms with Crippen molar-refractivity contribution in [1.29, 1.82) is 0 Å². The van der Waals surface area contributed by atoms with E-state index in [4.69, 9.17) is 5.11 Å². The van der Waals surface area contributed by atoms with E-state index in [-0.39, 0.29) is 18.1 Å². The monoisotopic (exact) mass is 290 g/mol. The lowest BCUT2D eigenvalue weighted by molar-refractivity contribution is -0.139. The van der Waals surface area contributed by atoms with Crippen LogP contribution in [0.25, 0.3) is 0 Å². The molecule has 0 spiro atoms. The third-order valence-electron chi connectivity index (χ3n) is 3.35. The molecule has 3 N–H and O–H groups in total. The highest BCUT2D eigenvalue weighted by atomic mass is 32.2. The summed E-state index contributed by atoms with van der Waals surface area (Å²) in [4.78, 5) is 24.6. The number of hydrogen-bond donors (Lipinski definition) is 3.